The van der Waals surface area contributed by atoms with Gasteiger partial charge < -0.3 is 20.1 Å². The zero-order valence-corrected chi connectivity index (χ0v) is 19.3. The molecule has 0 aliphatic carbocycles. The van der Waals surface area contributed by atoms with Crippen molar-refractivity contribution in [1.29, 1.82) is 0 Å². The maximum absolute atomic E-state index is 5.63. The number of aromatic nitrogens is 1. The van der Waals surface area contributed by atoms with Crippen molar-refractivity contribution in [2.75, 3.05) is 32.6 Å². The van der Waals surface area contributed by atoms with Gasteiger partial charge in [0, 0.05) is 36.9 Å². The summed E-state index contributed by atoms with van der Waals surface area (Å²) < 4.78 is 11.0. The number of pyridine rings is 1. The Morgan fingerprint density at radius 1 is 1.10 bits per heavy atom. The molecule has 0 atom stereocenters. The van der Waals surface area contributed by atoms with Crippen LogP contribution in [-0.4, -0.2) is 38.3 Å². The maximum atomic E-state index is 5.63. The molecule has 3 rings (SSSR count). The second-order valence-electron chi connectivity index (χ2n) is 6.16. The Balaban J connectivity index is 0.00000300. The first-order valence-corrected chi connectivity index (χ1v) is 9.36. The number of aliphatic imine (C=N–C) groups is 1. The number of para-hydroxylation sites is 1. The van der Waals surface area contributed by atoms with E-state index >= 15 is 0 Å². The van der Waals surface area contributed by atoms with Gasteiger partial charge in [0.15, 0.2) is 17.5 Å². The quantitative estimate of drug-likeness (QED) is 0.281. The number of hydrogen-bond acceptors (Lipinski definition) is 4. The van der Waals surface area contributed by atoms with Crippen molar-refractivity contribution in [2.24, 2.45) is 4.99 Å². The Morgan fingerprint density at radius 2 is 1.93 bits per heavy atom. The fourth-order valence-corrected chi connectivity index (χ4v) is 3.02. The molecule has 1 heterocycles. The monoisotopic (exact) mass is 506 g/mol. The van der Waals surface area contributed by atoms with E-state index in [1.165, 1.54) is 5.56 Å². The van der Waals surface area contributed by atoms with E-state index in [4.69, 9.17) is 9.47 Å². The number of nitrogens with one attached hydrogen (secondary N) is 2. The van der Waals surface area contributed by atoms with Crippen molar-refractivity contribution in [1.82, 2.24) is 10.3 Å². The summed E-state index contributed by atoms with van der Waals surface area (Å²) in [5, 5.41) is 7.80. The lowest BCUT2D eigenvalue weighted by Crippen LogP contribution is -2.32. The molecule has 154 valence electrons. The van der Waals surface area contributed by atoms with Crippen molar-refractivity contribution in [3.8, 4) is 11.5 Å². The van der Waals surface area contributed by atoms with Crippen LogP contribution in [-0.2, 0) is 6.42 Å². The molecule has 0 saturated heterocycles. The second kappa shape index (κ2) is 11.5. The van der Waals surface area contributed by atoms with Crippen LogP contribution in [0.15, 0.2) is 59.7 Å². The van der Waals surface area contributed by atoms with E-state index in [2.05, 4.69) is 44.9 Å². The summed E-state index contributed by atoms with van der Waals surface area (Å²) in [7, 11) is 3.38. The summed E-state index contributed by atoms with van der Waals surface area (Å²) in [5.41, 5.74) is 3.14. The number of hydrogen-bond donors (Lipinski definition) is 2. The molecule has 29 heavy (non-hydrogen) atoms. The lowest BCUT2D eigenvalue weighted by molar-refractivity contribution is 0.311. The smallest absolute Gasteiger partial charge is 0.195 e. The highest BCUT2D eigenvalue weighted by Crippen LogP contribution is 2.30. The maximum Gasteiger partial charge on any atom is 0.195 e. The van der Waals surface area contributed by atoms with Crippen LogP contribution in [0.1, 0.15) is 12.5 Å². The van der Waals surface area contributed by atoms with Gasteiger partial charge in [-0.1, -0.05) is 24.3 Å². The van der Waals surface area contributed by atoms with Crippen molar-refractivity contribution in [3.63, 3.8) is 0 Å². The molecule has 0 bridgehead atoms. The number of anilines is 1. The molecule has 0 aliphatic heterocycles. The van der Waals surface area contributed by atoms with Crippen LogP contribution in [0.2, 0.25) is 0 Å². The summed E-state index contributed by atoms with van der Waals surface area (Å²) in [4.78, 5) is 8.81. The number of benzene rings is 2. The molecule has 7 heteroatoms. The highest BCUT2D eigenvalue weighted by molar-refractivity contribution is 14.0. The summed E-state index contributed by atoms with van der Waals surface area (Å²) in [6.45, 7) is 3.26. The van der Waals surface area contributed by atoms with E-state index in [1.807, 2.05) is 37.4 Å². The van der Waals surface area contributed by atoms with Crippen LogP contribution in [0.25, 0.3) is 10.9 Å². The number of ether oxygens (including phenoxy) is 2. The molecule has 2 N–H and O–H groups in total. The Labute approximate surface area is 188 Å². The van der Waals surface area contributed by atoms with Gasteiger partial charge in [-0.25, -0.2) is 0 Å². The van der Waals surface area contributed by atoms with Gasteiger partial charge in [-0.15, -0.1) is 24.0 Å². The predicted molar refractivity (Wildman–Crippen MR) is 130 cm³/mol. The summed E-state index contributed by atoms with van der Waals surface area (Å²) in [6, 6.07) is 16.0. The fourth-order valence-electron chi connectivity index (χ4n) is 3.02. The average molecular weight is 506 g/mol. The Bertz CT molecular complexity index is 957. The van der Waals surface area contributed by atoms with Crippen LogP contribution >= 0.6 is 24.0 Å². The third kappa shape index (κ3) is 5.96. The van der Waals surface area contributed by atoms with Gasteiger partial charge in [0.05, 0.1) is 19.2 Å². The number of halogens is 1. The number of guanidine groups is 1. The minimum atomic E-state index is 0. The number of methoxy groups -OCH3 is 1. The average Bonchev–Trinajstić information content (AvgIpc) is 2.73. The normalized spacial score (nSPS) is 10.9. The molecular formula is C22H27IN4O2. The van der Waals surface area contributed by atoms with Gasteiger partial charge in [-0.05, 0) is 37.1 Å². The number of rotatable bonds is 7. The number of fused-ring (bicyclic) bond motifs is 1. The van der Waals surface area contributed by atoms with Crippen molar-refractivity contribution < 1.29 is 9.47 Å². The first-order chi connectivity index (χ1) is 13.7. The van der Waals surface area contributed by atoms with E-state index in [0.29, 0.717) is 24.1 Å². The fraction of sp³-hybridized carbons (Fsp3) is 0.273. The molecule has 0 aliphatic rings. The van der Waals surface area contributed by atoms with Crippen LogP contribution in [0.5, 0.6) is 11.5 Å². The Hall–Kier alpha value is -2.55. The van der Waals surface area contributed by atoms with Crippen molar-refractivity contribution in [3.05, 3.63) is 60.3 Å². The summed E-state index contributed by atoms with van der Waals surface area (Å²) >= 11 is 0. The molecule has 3 aromatic rings. The number of nitrogens with zero attached hydrogens (tertiary/aromatic N) is 2. The Morgan fingerprint density at radius 3 is 2.69 bits per heavy atom. The van der Waals surface area contributed by atoms with Crippen LogP contribution < -0.4 is 20.1 Å². The molecule has 0 saturated carbocycles. The lowest BCUT2D eigenvalue weighted by Gasteiger charge is -2.15. The predicted octanol–water partition coefficient (Wildman–Crippen LogP) is 4.49. The minimum Gasteiger partial charge on any atom is -0.493 e. The van der Waals surface area contributed by atoms with E-state index in [1.54, 1.807) is 14.2 Å². The van der Waals surface area contributed by atoms with E-state index in [9.17, 15) is 0 Å². The van der Waals surface area contributed by atoms with Crippen molar-refractivity contribution >= 4 is 46.5 Å². The molecule has 0 amide bonds. The van der Waals surface area contributed by atoms with Crippen LogP contribution in [0.3, 0.4) is 0 Å². The topological polar surface area (TPSA) is 67.8 Å². The SMILES string of the molecule is CCOc1cc(NC(=NC)NCCc2cccc3cccnc23)ccc1OC.I. The van der Waals surface area contributed by atoms with Gasteiger partial charge >= 0.3 is 0 Å². The van der Waals surface area contributed by atoms with Gasteiger partial charge in [0.25, 0.3) is 0 Å². The van der Waals surface area contributed by atoms with Gasteiger partial charge in [0.1, 0.15) is 0 Å². The molecule has 0 radical (unpaired) electrons. The zero-order valence-electron chi connectivity index (χ0n) is 16.9. The lowest BCUT2D eigenvalue weighted by atomic mass is 10.1. The second-order valence-corrected chi connectivity index (χ2v) is 6.16. The van der Waals surface area contributed by atoms with E-state index in [0.717, 1.165) is 29.6 Å². The standard InChI is InChI=1S/C22H26N4O2.HI/c1-4-28-20-15-18(10-11-19(20)27-3)26-22(23-2)25-14-12-17-8-5-7-16-9-6-13-24-21(16)17;/h5-11,13,15H,4,12,14H2,1-3H3,(H2,23,25,26);1H. The molecular weight excluding hydrogens is 479 g/mol. The molecule has 0 spiro atoms. The largest absolute Gasteiger partial charge is 0.493 e. The molecule has 1 aromatic heterocycles. The van der Waals surface area contributed by atoms with Crippen molar-refractivity contribution in [2.45, 2.75) is 13.3 Å². The minimum absolute atomic E-state index is 0. The first kappa shape index (κ1) is 22.7. The van der Waals surface area contributed by atoms with Gasteiger partial charge in [-0.2, -0.15) is 0 Å². The summed E-state index contributed by atoms with van der Waals surface area (Å²) in [6.07, 6.45) is 2.68. The third-order valence-corrected chi connectivity index (χ3v) is 4.35. The molecule has 6 nitrogen and oxygen atoms in total. The third-order valence-electron chi connectivity index (χ3n) is 4.35. The first-order valence-electron chi connectivity index (χ1n) is 9.36. The summed E-state index contributed by atoms with van der Waals surface area (Å²) in [5.74, 6) is 2.10. The van der Waals surface area contributed by atoms with Crippen LogP contribution in [0, 0.1) is 0 Å². The highest BCUT2D eigenvalue weighted by atomic mass is 127. The van der Waals surface area contributed by atoms with Gasteiger partial charge in [0.2, 0.25) is 0 Å². The zero-order chi connectivity index (χ0) is 19.8. The van der Waals surface area contributed by atoms with Gasteiger partial charge in [-0.3, -0.25) is 9.98 Å². The molecule has 2 aromatic carbocycles. The van der Waals surface area contributed by atoms with Crippen LogP contribution in [0.4, 0.5) is 5.69 Å². The Kier molecular flexibility index (Phi) is 8.98. The van der Waals surface area contributed by atoms with E-state index < -0.39 is 0 Å². The van der Waals surface area contributed by atoms with E-state index in [-0.39, 0.29) is 24.0 Å². The molecule has 0 unspecified atom stereocenters. The highest BCUT2D eigenvalue weighted by Gasteiger charge is 2.07. The molecule has 0 fully saturated rings.